The van der Waals surface area contributed by atoms with E-state index in [-0.39, 0.29) is 0 Å². The fourth-order valence-electron chi connectivity index (χ4n) is 4.06. The number of hydrogen-bond acceptors (Lipinski definition) is 2. The number of benzene rings is 1. The second-order valence-corrected chi connectivity index (χ2v) is 8.41. The van der Waals surface area contributed by atoms with Crippen molar-refractivity contribution in [2.75, 3.05) is 0 Å². The molecule has 0 aliphatic heterocycles. The van der Waals surface area contributed by atoms with Crippen LogP contribution in [-0.2, 0) is 4.79 Å². The van der Waals surface area contributed by atoms with Gasteiger partial charge in [-0.2, -0.15) is 0 Å². The molecule has 1 atom stereocenters. The Balaban J connectivity index is 1.65. The van der Waals surface area contributed by atoms with Gasteiger partial charge in [0.25, 0.3) is 0 Å². The molecule has 2 rings (SSSR count). The quantitative estimate of drug-likeness (QED) is 0.306. The average molecular weight is 401 g/mol. The first-order valence-corrected chi connectivity index (χ1v) is 11.9. The van der Waals surface area contributed by atoms with Gasteiger partial charge in [0.05, 0.1) is 0 Å². The van der Waals surface area contributed by atoms with Gasteiger partial charge in [-0.25, -0.2) is 4.79 Å². The zero-order valence-corrected chi connectivity index (χ0v) is 18.3. The van der Waals surface area contributed by atoms with E-state index in [9.17, 15) is 9.90 Å². The summed E-state index contributed by atoms with van der Waals surface area (Å²) >= 11 is 0. The van der Waals surface area contributed by atoms with Crippen LogP contribution < -0.4 is 4.74 Å². The first-order chi connectivity index (χ1) is 14.2. The highest BCUT2D eigenvalue weighted by molar-refractivity contribution is 5.73. The van der Waals surface area contributed by atoms with Gasteiger partial charge in [-0.3, -0.25) is 0 Å². The molecule has 0 bridgehead atoms. The monoisotopic (exact) mass is 400 g/mol. The highest BCUT2D eigenvalue weighted by Gasteiger charge is 2.19. The Bertz CT molecular complexity index is 603. The number of aliphatic carboxylic acids is 1. The molecule has 1 aromatic carbocycles. The van der Waals surface area contributed by atoms with Crippen LogP contribution >= 0.6 is 0 Å². The fraction of sp³-hybridized carbons (Fsp3) is 0.654. The lowest BCUT2D eigenvalue weighted by atomic mass is 9.94. The van der Waals surface area contributed by atoms with Crippen LogP contribution in [0.3, 0.4) is 0 Å². The molecule has 1 unspecified atom stereocenters. The van der Waals surface area contributed by atoms with Crippen LogP contribution in [0, 0.1) is 0 Å². The number of carboxylic acids is 1. The summed E-state index contributed by atoms with van der Waals surface area (Å²) in [5, 5.41) is 9.50. The molecule has 0 spiro atoms. The van der Waals surface area contributed by atoms with Crippen molar-refractivity contribution in [1.29, 1.82) is 0 Å². The lowest BCUT2D eigenvalue weighted by molar-refractivity contribution is -0.145. The zero-order valence-electron chi connectivity index (χ0n) is 18.3. The van der Waals surface area contributed by atoms with Gasteiger partial charge in [0.15, 0.2) is 6.10 Å². The number of carbonyl (C=O) groups is 1. The second-order valence-electron chi connectivity index (χ2n) is 8.41. The lowest BCUT2D eigenvalue weighted by Gasteiger charge is -2.16. The second kappa shape index (κ2) is 14.3. The largest absolute Gasteiger partial charge is 0.479 e. The van der Waals surface area contributed by atoms with Gasteiger partial charge < -0.3 is 9.84 Å². The minimum Gasteiger partial charge on any atom is -0.479 e. The van der Waals surface area contributed by atoms with E-state index in [2.05, 4.69) is 25.1 Å². The third-order valence-corrected chi connectivity index (χ3v) is 5.89. The summed E-state index contributed by atoms with van der Waals surface area (Å²) in [6.45, 7) is 2.25. The molecule has 0 saturated heterocycles. The summed E-state index contributed by atoms with van der Waals surface area (Å²) < 4.78 is 5.78. The summed E-state index contributed by atoms with van der Waals surface area (Å²) in [4.78, 5) is 11.6. The van der Waals surface area contributed by atoms with Crippen molar-refractivity contribution >= 4 is 11.5 Å². The molecule has 0 fully saturated rings. The Labute approximate surface area is 177 Å². The van der Waals surface area contributed by atoms with Crippen molar-refractivity contribution in [3.05, 3.63) is 35.9 Å². The van der Waals surface area contributed by atoms with Gasteiger partial charge in [0, 0.05) is 0 Å². The molecule has 1 aliphatic carbocycles. The van der Waals surface area contributed by atoms with Crippen molar-refractivity contribution in [2.45, 2.75) is 109 Å². The number of carboxylic acid groups (broad SMARTS) is 1. The van der Waals surface area contributed by atoms with Crippen LogP contribution in [0.4, 0.5) is 0 Å². The zero-order chi connectivity index (χ0) is 20.7. The topological polar surface area (TPSA) is 46.5 Å². The first kappa shape index (κ1) is 23.5. The average Bonchev–Trinajstić information content (AvgIpc) is 2.75. The van der Waals surface area contributed by atoms with Crippen LogP contribution in [0.2, 0.25) is 0 Å². The lowest BCUT2D eigenvalue weighted by Crippen LogP contribution is -2.26. The normalized spacial score (nSPS) is 15.0. The van der Waals surface area contributed by atoms with Crippen LogP contribution in [-0.4, -0.2) is 17.2 Å². The molecule has 1 aliphatic rings. The van der Waals surface area contributed by atoms with Gasteiger partial charge in [-0.15, -0.1) is 0 Å². The SMILES string of the molecule is CCCCCCCCCCCCC(Oc1ccc(C2=CCCCC2)cc1)C(=O)O. The smallest absolute Gasteiger partial charge is 0.344 e. The summed E-state index contributed by atoms with van der Waals surface area (Å²) in [6.07, 6.45) is 19.5. The molecule has 0 radical (unpaired) electrons. The Morgan fingerprint density at radius 1 is 0.931 bits per heavy atom. The first-order valence-electron chi connectivity index (χ1n) is 11.9. The molecule has 0 aromatic heterocycles. The van der Waals surface area contributed by atoms with Crippen molar-refractivity contribution in [2.24, 2.45) is 0 Å². The van der Waals surface area contributed by atoms with E-state index >= 15 is 0 Å². The highest BCUT2D eigenvalue weighted by Crippen LogP contribution is 2.28. The highest BCUT2D eigenvalue weighted by atomic mass is 16.5. The van der Waals surface area contributed by atoms with Gasteiger partial charge in [0.1, 0.15) is 5.75 Å². The van der Waals surface area contributed by atoms with E-state index in [0.717, 1.165) is 25.7 Å². The van der Waals surface area contributed by atoms with E-state index < -0.39 is 12.1 Å². The van der Waals surface area contributed by atoms with Crippen LogP contribution in [0.5, 0.6) is 5.75 Å². The molecule has 3 heteroatoms. The van der Waals surface area contributed by atoms with Gasteiger partial charge >= 0.3 is 5.97 Å². The van der Waals surface area contributed by atoms with Crippen LogP contribution in [0.15, 0.2) is 30.3 Å². The molecule has 1 N–H and O–H groups in total. The van der Waals surface area contributed by atoms with Crippen molar-refractivity contribution in [3.8, 4) is 5.75 Å². The van der Waals surface area contributed by atoms with E-state index in [1.807, 2.05) is 12.1 Å². The van der Waals surface area contributed by atoms with E-state index in [1.165, 1.54) is 75.3 Å². The van der Waals surface area contributed by atoms with Crippen LogP contribution in [0.1, 0.15) is 109 Å². The summed E-state index contributed by atoms with van der Waals surface area (Å²) in [5.41, 5.74) is 2.64. The Morgan fingerprint density at radius 2 is 1.55 bits per heavy atom. The molecule has 162 valence electrons. The summed E-state index contributed by atoms with van der Waals surface area (Å²) in [5.74, 6) is -0.204. The summed E-state index contributed by atoms with van der Waals surface area (Å²) in [7, 11) is 0. The Hall–Kier alpha value is -1.77. The Kier molecular flexibility index (Phi) is 11.6. The number of hydrogen-bond donors (Lipinski definition) is 1. The number of ether oxygens (including phenoxy) is 1. The third kappa shape index (κ3) is 9.51. The minimum atomic E-state index is -0.861. The number of rotatable bonds is 15. The Morgan fingerprint density at radius 3 is 2.10 bits per heavy atom. The molecule has 1 aromatic rings. The number of allylic oxidation sites excluding steroid dienone is 2. The standard InChI is InChI=1S/C26H40O3/c1-2-3-4-5-6-7-8-9-10-14-17-25(26(27)28)29-24-20-18-23(19-21-24)22-15-12-11-13-16-22/h15,18-21,25H,2-14,16-17H2,1H3,(H,27,28). The summed E-state index contributed by atoms with van der Waals surface area (Å²) in [6, 6.07) is 7.95. The fourth-order valence-corrected chi connectivity index (χ4v) is 4.06. The predicted octanol–water partition coefficient (Wildman–Crippen LogP) is 7.79. The van der Waals surface area contributed by atoms with Crippen molar-refractivity contribution in [1.82, 2.24) is 0 Å². The molecule has 0 amide bonds. The van der Waals surface area contributed by atoms with Gasteiger partial charge in [0.2, 0.25) is 0 Å². The number of unbranched alkanes of at least 4 members (excludes halogenated alkanes) is 9. The maximum absolute atomic E-state index is 11.6. The molecule has 0 heterocycles. The van der Waals surface area contributed by atoms with E-state index in [0.29, 0.717) is 12.2 Å². The van der Waals surface area contributed by atoms with Crippen molar-refractivity contribution in [3.63, 3.8) is 0 Å². The van der Waals surface area contributed by atoms with Gasteiger partial charge in [-0.1, -0.05) is 82.9 Å². The maximum Gasteiger partial charge on any atom is 0.344 e. The van der Waals surface area contributed by atoms with Crippen LogP contribution in [0.25, 0.3) is 5.57 Å². The van der Waals surface area contributed by atoms with E-state index in [1.54, 1.807) is 0 Å². The molecular weight excluding hydrogens is 360 g/mol. The molecule has 29 heavy (non-hydrogen) atoms. The molecular formula is C26H40O3. The third-order valence-electron chi connectivity index (χ3n) is 5.89. The van der Waals surface area contributed by atoms with E-state index in [4.69, 9.17) is 4.74 Å². The maximum atomic E-state index is 11.6. The molecule has 0 saturated carbocycles. The minimum absolute atomic E-state index is 0.582. The molecule has 3 nitrogen and oxygen atoms in total. The predicted molar refractivity (Wildman–Crippen MR) is 121 cm³/mol. The van der Waals surface area contributed by atoms with Gasteiger partial charge in [-0.05, 0) is 61.8 Å². The van der Waals surface area contributed by atoms with Crippen molar-refractivity contribution < 1.29 is 14.6 Å².